The molecule has 0 atom stereocenters. The summed E-state index contributed by atoms with van der Waals surface area (Å²) in [4.78, 5) is 11.9. The van der Waals surface area contributed by atoms with Crippen molar-refractivity contribution in [2.75, 3.05) is 17.2 Å². The molecule has 2 N–H and O–H groups in total. The maximum atomic E-state index is 11.9. The van der Waals surface area contributed by atoms with Gasteiger partial charge in [-0.2, -0.15) is 0 Å². The van der Waals surface area contributed by atoms with Gasteiger partial charge in [0.05, 0.1) is 10.7 Å². The van der Waals surface area contributed by atoms with Crippen molar-refractivity contribution < 1.29 is 4.79 Å². The van der Waals surface area contributed by atoms with Crippen LogP contribution < -0.4 is 10.6 Å². The third-order valence-corrected chi connectivity index (χ3v) is 3.33. The van der Waals surface area contributed by atoms with E-state index in [1.807, 2.05) is 32.9 Å². The summed E-state index contributed by atoms with van der Waals surface area (Å²) in [5, 5.41) is 6.83. The van der Waals surface area contributed by atoms with E-state index in [1.165, 1.54) is 0 Å². The zero-order chi connectivity index (χ0) is 13.3. The Balaban J connectivity index is 2.13. The monoisotopic (exact) mass is 266 g/mol. The Labute approximate surface area is 113 Å². The van der Waals surface area contributed by atoms with Crippen LogP contribution in [0.15, 0.2) is 12.1 Å². The van der Waals surface area contributed by atoms with E-state index < -0.39 is 0 Å². The number of carbonyl (C=O) groups excluding carboxylic acids is 1. The molecule has 18 heavy (non-hydrogen) atoms. The molecule has 0 saturated carbocycles. The number of amides is 1. The number of hydrogen-bond acceptors (Lipinski definition) is 2. The normalized spacial score (nSPS) is 14.0. The number of anilines is 2. The van der Waals surface area contributed by atoms with Crippen LogP contribution in [0.1, 0.15) is 32.8 Å². The van der Waals surface area contributed by atoms with Crippen LogP contribution in [0.25, 0.3) is 0 Å². The van der Waals surface area contributed by atoms with Gasteiger partial charge in [-0.3, -0.25) is 4.79 Å². The standard InChI is InChI=1S/C14H19ClN2O/c1-14(2,3)8-12(18)17-11-5-4-10-9(13(11)15)6-7-16-10/h4-5,16H,6-8H2,1-3H3,(H,17,18). The van der Waals surface area contributed by atoms with Gasteiger partial charge in [0, 0.05) is 18.7 Å². The molecular formula is C14H19ClN2O. The second kappa shape index (κ2) is 4.81. The molecule has 3 nitrogen and oxygen atoms in total. The predicted octanol–water partition coefficient (Wildman–Crippen LogP) is 3.68. The van der Waals surface area contributed by atoms with Gasteiger partial charge in [-0.05, 0) is 29.5 Å². The second-order valence-corrected chi connectivity index (χ2v) is 6.29. The highest BCUT2D eigenvalue weighted by Gasteiger charge is 2.19. The van der Waals surface area contributed by atoms with Crippen molar-refractivity contribution in [3.63, 3.8) is 0 Å². The second-order valence-electron chi connectivity index (χ2n) is 5.92. The summed E-state index contributed by atoms with van der Waals surface area (Å²) in [5.41, 5.74) is 2.88. The Hall–Kier alpha value is -1.22. The Kier molecular flexibility index (Phi) is 3.53. The summed E-state index contributed by atoms with van der Waals surface area (Å²) < 4.78 is 0. The number of nitrogens with one attached hydrogen (secondary N) is 2. The highest BCUT2D eigenvalue weighted by atomic mass is 35.5. The SMILES string of the molecule is CC(C)(C)CC(=O)Nc1ccc2c(c1Cl)CCN2. The van der Waals surface area contributed by atoms with E-state index >= 15 is 0 Å². The van der Waals surface area contributed by atoms with Gasteiger partial charge < -0.3 is 10.6 Å². The van der Waals surface area contributed by atoms with Gasteiger partial charge >= 0.3 is 0 Å². The molecule has 1 aromatic rings. The van der Waals surface area contributed by atoms with Crippen LogP contribution >= 0.6 is 11.6 Å². The van der Waals surface area contributed by atoms with E-state index in [0.717, 1.165) is 24.2 Å². The largest absolute Gasteiger partial charge is 0.384 e. The first-order valence-electron chi connectivity index (χ1n) is 6.22. The quantitative estimate of drug-likeness (QED) is 0.857. The average molecular weight is 267 g/mol. The van der Waals surface area contributed by atoms with Gasteiger partial charge in [0.1, 0.15) is 0 Å². The molecule has 98 valence electrons. The van der Waals surface area contributed by atoms with Gasteiger partial charge in [-0.15, -0.1) is 0 Å². The van der Waals surface area contributed by atoms with E-state index in [9.17, 15) is 4.79 Å². The lowest BCUT2D eigenvalue weighted by Gasteiger charge is -2.18. The van der Waals surface area contributed by atoms with Gasteiger partial charge in [-0.25, -0.2) is 0 Å². The number of rotatable bonds is 2. The zero-order valence-electron chi connectivity index (χ0n) is 11.1. The summed E-state index contributed by atoms with van der Waals surface area (Å²) in [6, 6.07) is 3.83. The Morgan fingerprint density at radius 2 is 2.17 bits per heavy atom. The molecule has 1 aromatic carbocycles. The molecule has 0 aromatic heterocycles. The van der Waals surface area contributed by atoms with E-state index in [0.29, 0.717) is 17.1 Å². The molecule has 0 spiro atoms. The lowest BCUT2D eigenvalue weighted by atomic mass is 9.92. The third-order valence-electron chi connectivity index (χ3n) is 2.90. The van der Waals surface area contributed by atoms with E-state index in [4.69, 9.17) is 11.6 Å². The number of benzene rings is 1. The van der Waals surface area contributed by atoms with Crippen molar-refractivity contribution in [1.82, 2.24) is 0 Å². The highest BCUT2D eigenvalue weighted by molar-refractivity contribution is 6.35. The maximum absolute atomic E-state index is 11.9. The van der Waals surface area contributed by atoms with Crippen LogP contribution in [0.3, 0.4) is 0 Å². The van der Waals surface area contributed by atoms with Crippen LogP contribution in [-0.4, -0.2) is 12.5 Å². The minimum Gasteiger partial charge on any atom is -0.384 e. The van der Waals surface area contributed by atoms with Crippen molar-refractivity contribution in [2.24, 2.45) is 5.41 Å². The summed E-state index contributed by atoms with van der Waals surface area (Å²) in [6.45, 7) is 7.04. The van der Waals surface area contributed by atoms with Crippen LogP contribution in [-0.2, 0) is 11.2 Å². The van der Waals surface area contributed by atoms with Crippen LogP contribution in [0.2, 0.25) is 5.02 Å². The number of halogens is 1. The fraction of sp³-hybridized carbons (Fsp3) is 0.500. The third kappa shape index (κ3) is 2.96. The zero-order valence-corrected chi connectivity index (χ0v) is 11.8. The van der Waals surface area contributed by atoms with Crippen molar-refractivity contribution >= 4 is 28.9 Å². The average Bonchev–Trinajstić information content (AvgIpc) is 2.68. The Morgan fingerprint density at radius 1 is 1.44 bits per heavy atom. The molecule has 1 aliphatic heterocycles. The molecule has 4 heteroatoms. The maximum Gasteiger partial charge on any atom is 0.224 e. The molecule has 0 unspecified atom stereocenters. The molecule has 1 amide bonds. The van der Waals surface area contributed by atoms with Gasteiger partial charge in [0.25, 0.3) is 0 Å². The van der Waals surface area contributed by atoms with E-state index in [1.54, 1.807) is 0 Å². The number of carbonyl (C=O) groups is 1. The lowest BCUT2D eigenvalue weighted by Crippen LogP contribution is -2.19. The van der Waals surface area contributed by atoms with Crippen LogP contribution in [0.5, 0.6) is 0 Å². The van der Waals surface area contributed by atoms with Crippen LogP contribution in [0.4, 0.5) is 11.4 Å². The summed E-state index contributed by atoms with van der Waals surface area (Å²) in [6.07, 6.45) is 1.40. The molecule has 1 heterocycles. The number of hydrogen-bond donors (Lipinski definition) is 2. The topological polar surface area (TPSA) is 41.1 Å². The molecule has 1 aliphatic rings. The molecule has 0 bridgehead atoms. The fourth-order valence-corrected chi connectivity index (χ4v) is 2.43. The highest BCUT2D eigenvalue weighted by Crippen LogP contribution is 2.35. The van der Waals surface area contributed by atoms with Crippen molar-refractivity contribution in [3.05, 3.63) is 22.7 Å². The van der Waals surface area contributed by atoms with Gasteiger partial charge in [0.15, 0.2) is 0 Å². The molecular weight excluding hydrogens is 248 g/mol. The van der Waals surface area contributed by atoms with Crippen molar-refractivity contribution in [3.8, 4) is 0 Å². The minimum atomic E-state index is -0.0190. The van der Waals surface area contributed by atoms with Gasteiger partial charge in [-0.1, -0.05) is 32.4 Å². The summed E-state index contributed by atoms with van der Waals surface area (Å²) in [5.74, 6) is 0.00954. The van der Waals surface area contributed by atoms with E-state index in [2.05, 4.69) is 10.6 Å². The Bertz CT molecular complexity index is 477. The first-order chi connectivity index (χ1) is 8.37. The van der Waals surface area contributed by atoms with Crippen molar-refractivity contribution in [2.45, 2.75) is 33.6 Å². The lowest BCUT2D eigenvalue weighted by molar-refractivity contribution is -0.117. The predicted molar refractivity (Wildman–Crippen MR) is 76.3 cm³/mol. The molecule has 2 rings (SSSR count). The fourth-order valence-electron chi connectivity index (χ4n) is 2.13. The van der Waals surface area contributed by atoms with Gasteiger partial charge in [0.2, 0.25) is 5.91 Å². The van der Waals surface area contributed by atoms with E-state index in [-0.39, 0.29) is 11.3 Å². The first kappa shape index (κ1) is 13.2. The molecule has 0 saturated heterocycles. The smallest absolute Gasteiger partial charge is 0.224 e. The summed E-state index contributed by atoms with van der Waals surface area (Å²) >= 11 is 6.31. The Morgan fingerprint density at radius 3 is 2.83 bits per heavy atom. The minimum absolute atomic E-state index is 0.00954. The number of fused-ring (bicyclic) bond motifs is 1. The molecule has 0 fully saturated rings. The van der Waals surface area contributed by atoms with Crippen molar-refractivity contribution in [1.29, 1.82) is 0 Å². The van der Waals surface area contributed by atoms with Crippen LogP contribution in [0, 0.1) is 5.41 Å². The summed E-state index contributed by atoms with van der Waals surface area (Å²) in [7, 11) is 0. The molecule has 0 aliphatic carbocycles. The molecule has 0 radical (unpaired) electrons. The first-order valence-corrected chi connectivity index (χ1v) is 6.60.